The van der Waals surface area contributed by atoms with Crippen molar-refractivity contribution in [1.82, 2.24) is 5.48 Å². The predicted octanol–water partition coefficient (Wildman–Crippen LogP) is 3.40. The predicted molar refractivity (Wildman–Crippen MR) is 73.1 cm³/mol. The third kappa shape index (κ3) is 3.33. The third-order valence-electron chi connectivity index (χ3n) is 3.03. The summed E-state index contributed by atoms with van der Waals surface area (Å²) in [5.74, 6) is -0.466. The molecule has 0 bridgehead atoms. The quantitative estimate of drug-likeness (QED) is 0.592. The molecule has 3 nitrogen and oxygen atoms in total. The number of amides is 1. The molecule has 0 aliphatic carbocycles. The van der Waals surface area contributed by atoms with Gasteiger partial charge in [0.15, 0.2) is 0 Å². The van der Waals surface area contributed by atoms with E-state index in [-0.39, 0.29) is 10.8 Å². The molecule has 2 N–H and O–H groups in total. The summed E-state index contributed by atoms with van der Waals surface area (Å²) >= 11 is 0. The molecule has 0 aliphatic rings. The maximum atomic E-state index is 11.6. The lowest BCUT2D eigenvalue weighted by molar-refractivity contribution is 0.0706. The normalized spacial score (nSPS) is 12.4. The number of rotatable bonds is 1. The van der Waals surface area contributed by atoms with Crippen molar-refractivity contribution in [2.75, 3.05) is 0 Å². The molecule has 0 heterocycles. The van der Waals surface area contributed by atoms with E-state index in [9.17, 15) is 4.79 Å². The molecule has 0 fully saturated rings. The lowest BCUT2D eigenvalue weighted by Crippen LogP contribution is -2.22. The van der Waals surface area contributed by atoms with Crippen LogP contribution in [0.1, 0.15) is 63.0 Å². The molecule has 0 aromatic heterocycles. The zero-order chi connectivity index (χ0) is 14.1. The average molecular weight is 249 g/mol. The van der Waals surface area contributed by atoms with Gasteiger partial charge >= 0.3 is 0 Å². The molecule has 1 aromatic rings. The van der Waals surface area contributed by atoms with Crippen molar-refractivity contribution in [3.8, 4) is 0 Å². The van der Waals surface area contributed by atoms with Gasteiger partial charge in [0.05, 0.1) is 0 Å². The van der Waals surface area contributed by atoms with Crippen LogP contribution < -0.4 is 5.48 Å². The van der Waals surface area contributed by atoms with Crippen LogP contribution in [0.25, 0.3) is 0 Å². The van der Waals surface area contributed by atoms with Crippen LogP contribution in [0.5, 0.6) is 0 Å². The zero-order valence-electron chi connectivity index (χ0n) is 12.1. The highest BCUT2D eigenvalue weighted by molar-refractivity contribution is 5.93. The highest BCUT2D eigenvalue weighted by atomic mass is 16.5. The Balaban J connectivity index is 3.44. The van der Waals surface area contributed by atoms with E-state index in [0.717, 1.165) is 11.1 Å². The van der Waals surface area contributed by atoms with Crippen molar-refractivity contribution in [3.63, 3.8) is 0 Å². The number of carbonyl (C=O) groups excluding carboxylic acids is 1. The van der Waals surface area contributed by atoms with Crippen LogP contribution in [0.15, 0.2) is 18.2 Å². The van der Waals surface area contributed by atoms with Crippen molar-refractivity contribution < 1.29 is 10.0 Å². The van der Waals surface area contributed by atoms with Crippen molar-refractivity contribution in [3.05, 3.63) is 34.9 Å². The van der Waals surface area contributed by atoms with E-state index in [4.69, 9.17) is 5.21 Å². The summed E-state index contributed by atoms with van der Waals surface area (Å²) in [6.07, 6.45) is 0. The van der Waals surface area contributed by atoms with Gasteiger partial charge in [0.1, 0.15) is 0 Å². The standard InChI is InChI=1S/C15H23NO2/c1-14(2,3)11-7-10(13(17)16-18)8-12(9-11)15(4,5)6/h7-9,18H,1-6H3,(H,16,17). The van der Waals surface area contributed by atoms with Gasteiger partial charge < -0.3 is 0 Å². The molecular formula is C15H23NO2. The minimum atomic E-state index is -0.466. The maximum Gasteiger partial charge on any atom is 0.274 e. The zero-order valence-corrected chi connectivity index (χ0v) is 12.1. The van der Waals surface area contributed by atoms with E-state index in [1.54, 1.807) is 5.48 Å². The lowest BCUT2D eigenvalue weighted by Gasteiger charge is -2.25. The van der Waals surface area contributed by atoms with E-state index in [1.807, 2.05) is 12.1 Å². The van der Waals surface area contributed by atoms with Gasteiger partial charge in [-0.2, -0.15) is 0 Å². The van der Waals surface area contributed by atoms with Crippen molar-refractivity contribution in [2.45, 2.75) is 52.4 Å². The van der Waals surface area contributed by atoms with Crippen LogP contribution in [0.3, 0.4) is 0 Å². The maximum absolute atomic E-state index is 11.6. The minimum Gasteiger partial charge on any atom is -0.288 e. The van der Waals surface area contributed by atoms with Crippen LogP contribution >= 0.6 is 0 Å². The SMILES string of the molecule is CC(C)(C)c1cc(C(=O)NO)cc(C(C)(C)C)c1. The van der Waals surface area contributed by atoms with Gasteiger partial charge in [-0.3, -0.25) is 10.0 Å². The molecule has 1 amide bonds. The second-order valence-electron chi connectivity index (χ2n) is 6.74. The molecule has 0 saturated heterocycles. The number of hydrogen-bond donors (Lipinski definition) is 2. The fourth-order valence-corrected chi connectivity index (χ4v) is 1.69. The topological polar surface area (TPSA) is 49.3 Å². The van der Waals surface area contributed by atoms with Gasteiger partial charge in [-0.05, 0) is 34.1 Å². The van der Waals surface area contributed by atoms with Gasteiger partial charge in [-0.1, -0.05) is 47.6 Å². The highest BCUT2D eigenvalue weighted by Gasteiger charge is 2.21. The fourth-order valence-electron chi connectivity index (χ4n) is 1.69. The fraction of sp³-hybridized carbons (Fsp3) is 0.533. The second kappa shape index (κ2) is 4.73. The number of carbonyl (C=O) groups is 1. The Morgan fingerprint density at radius 3 is 1.61 bits per heavy atom. The van der Waals surface area contributed by atoms with Gasteiger partial charge in [0, 0.05) is 5.56 Å². The van der Waals surface area contributed by atoms with Gasteiger partial charge in [0.25, 0.3) is 5.91 Å². The molecule has 1 aromatic carbocycles. The van der Waals surface area contributed by atoms with E-state index in [0.29, 0.717) is 5.56 Å². The average Bonchev–Trinajstić information content (AvgIpc) is 2.25. The summed E-state index contributed by atoms with van der Waals surface area (Å²) in [6, 6.07) is 5.80. The molecule has 0 spiro atoms. The molecule has 0 aliphatic heterocycles. The number of hydrogen-bond acceptors (Lipinski definition) is 2. The van der Waals surface area contributed by atoms with Crippen molar-refractivity contribution >= 4 is 5.91 Å². The Labute approximate surface area is 109 Å². The molecular weight excluding hydrogens is 226 g/mol. The molecule has 1 rings (SSSR count). The van der Waals surface area contributed by atoms with Gasteiger partial charge in [0.2, 0.25) is 0 Å². The van der Waals surface area contributed by atoms with Gasteiger partial charge in [-0.15, -0.1) is 0 Å². The first-order valence-electron chi connectivity index (χ1n) is 6.16. The van der Waals surface area contributed by atoms with Crippen LogP contribution in [0, 0.1) is 0 Å². The summed E-state index contributed by atoms with van der Waals surface area (Å²) in [4.78, 5) is 11.6. The number of hydroxylamine groups is 1. The monoisotopic (exact) mass is 249 g/mol. The van der Waals surface area contributed by atoms with E-state index in [2.05, 4.69) is 47.6 Å². The third-order valence-corrected chi connectivity index (χ3v) is 3.03. The van der Waals surface area contributed by atoms with Crippen LogP contribution in [-0.2, 0) is 10.8 Å². The first kappa shape index (κ1) is 14.7. The van der Waals surface area contributed by atoms with E-state index < -0.39 is 5.91 Å². The number of nitrogens with one attached hydrogen (secondary N) is 1. The lowest BCUT2D eigenvalue weighted by atomic mass is 9.79. The second-order valence-corrected chi connectivity index (χ2v) is 6.74. The molecule has 3 heteroatoms. The van der Waals surface area contributed by atoms with Gasteiger partial charge in [-0.25, -0.2) is 5.48 Å². The Morgan fingerprint density at radius 1 is 0.944 bits per heavy atom. The first-order chi connectivity index (χ1) is 8.05. The summed E-state index contributed by atoms with van der Waals surface area (Å²) < 4.78 is 0. The largest absolute Gasteiger partial charge is 0.288 e. The summed E-state index contributed by atoms with van der Waals surface area (Å²) in [7, 11) is 0. The Bertz CT molecular complexity index is 418. The minimum absolute atomic E-state index is 0.0360. The van der Waals surface area contributed by atoms with Crippen LogP contribution in [0.4, 0.5) is 0 Å². The van der Waals surface area contributed by atoms with Crippen LogP contribution in [0.2, 0.25) is 0 Å². The molecule has 100 valence electrons. The van der Waals surface area contributed by atoms with E-state index >= 15 is 0 Å². The smallest absolute Gasteiger partial charge is 0.274 e. The van der Waals surface area contributed by atoms with Crippen molar-refractivity contribution in [1.29, 1.82) is 0 Å². The molecule has 0 atom stereocenters. The number of benzene rings is 1. The van der Waals surface area contributed by atoms with Crippen molar-refractivity contribution in [2.24, 2.45) is 0 Å². The van der Waals surface area contributed by atoms with E-state index in [1.165, 1.54) is 0 Å². The molecule has 0 unspecified atom stereocenters. The molecule has 0 radical (unpaired) electrons. The Hall–Kier alpha value is -1.35. The molecule has 0 saturated carbocycles. The summed E-state index contributed by atoms with van der Waals surface area (Å²) in [5, 5.41) is 8.78. The first-order valence-corrected chi connectivity index (χ1v) is 6.16. The Morgan fingerprint density at radius 2 is 1.33 bits per heavy atom. The summed E-state index contributed by atoms with van der Waals surface area (Å²) in [5.41, 5.74) is 4.31. The molecule has 18 heavy (non-hydrogen) atoms. The highest BCUT2D eigenvalue weighted by Crippen LogP contribution is 2.30. The Kier molecular flexibility index (Phi) is 3.86. The van der Waals surface area contributed by atoms with Crippen LogP contribution in [-0.4, -0.2) is 11.1 Å². The summed E-state index contributed by atoms with van der Waals surface area (Å²) in [6.45, 7) is 12.6.